The molecule has 0 saturated heterocycles. The molecule has 0 atom stereocenters. The number of nitrogens with one attached hydrogen (secondary N) is 1. The van der Waals surface area contributed by atoms with Gasteiger partial charge < -0.3 is 5.32 Å². The average molecular weight is 401 g/mol. The Kier molecular flexibility index (Phi) is 5.78. The summed E-state index contributed by atoms with van der Waals surface area (Å²) >= 11 is 5.92. The number of para-hydroxylation sites is 1. The van der Waals surface area contributed by atoms with E-state index in [1.54, 1.807) is 72.8 Å². The number of benzene rings is 3. The van der Waals surface area contributed by atoms with E-state index in [2.05, 4.69) is 5.32 Å². The average Bonchev–Trinajstić information content (AvgIpc) is 2.67. The van der Waals surface area contributed by atoms with Crippen LogP contribution in [0.2, 0.25) is 5.02 Å². The number of hydrogen-bond donors (Lipinski definition) is 1. The van der Waals surface area contributed by atoms with Crippen molar-refractivity contribution in [3.8, 4) is 0 Å². The number of hydrogen-bond acceptors (Lipinski definition) is 3. The minimum absolute atomic E-state index is 0.115. The molecule has 27 heavy (non-hydrogen) atoms. The highest BCUT2D eigenvalue weighted by molar-refractivity contribution is 7.92. The van der Waals surface area contributed by atoms with Crippen LogP contribution in [0.5, 0.6) is 0 Å². The van der Waals surface area contributed by atoms with E-state index in [0.29, 0.717) is 16.4 Å². The molecule has 0 aromatic heterocycles. The fraction of sp³-hybridized carbons (Fsp3) is 0.0500. The number of nitrogens with zero attached hydrogens (tertiary/aromatic N) is 1. The smallest absolute Gasteiger partial charge is 0.264 e. The van der Waals surface area contributed by atoms with Gasteiger partial charge in [0.25, 0.3) is 10.0 Å². The fourth-order valence-electron chi connectivity index (χ4n) is 2.53. The summed E-state index contributed by atoms with van der Waals surface area (Å²) in [5, 5.41) is 3.15. The third-order valence-corrected chi connectivity index (χ3v) is 5.79. The van der Waals surface area contributed by atoms with Gasteiger partial charge in [0.2, 0.25) is 5.91 Å². The molecule has 1 amide bonds. The highest BCUT2D eigenvalue weighted by Gasteiger charge is 2.26. The lowest BCUT2D eigenvalue weighted by molar-refractivity contribution is -0.114. The van der Waals surface area contributed by atoms with Gasteiger partial charge in [-0.3, -0.25) is 9.10 Å². The van der Waals surface area contributed by atoms with Crippen LogP contribution in [0.25, 0.3) is 0 Å². The van der Waals surface area contributed by atoms with Gasteiger partial charge >= 0.3 is 0 Å². The monoisotopic (exact) mass is 400 g/mol. The molecule has 0 spiro atoms. The van der Waals surface area contributed by atoms with Crippen molar-refractivity contribution in [3.63, 3.8) is 0 Å². The van der Waals surface area contributed by atoms with Gasteiger partial charge in [0, 0.05) is 10.7 Å². The highest BCUT2D eigenvalue weighted by atomic mass is 35.5. The van der Waals surface area contributed by atoms with E-state index in [4.69, 9.17) is 11.6 Å². The first-order valence-corrected chi connectivity index (χ1v) is 9.97. The van der Waals surface area contributed by atoms with E-state index in [9.17, 15) is 13.2 Å². The molecule has 0 radical (unpaired) electrons. The summed E-state index contributed by atoms with van der Waals surface area (Å²) in [5.41, 5.74) is 0.903. The van der Waals surface area contributed by atoms with Crippen molar-refractivity contribution < 1.29 is 13.2 Å². The lowest BCUT2D eigenvalue weighted by Gasteiger charge is -2.24. The summed E-state index contributed by atoms with van der Waals surface area (Å²) in [6, 6.07) is 23.2. The molecule has 0 aliphatic rings. The second-order valence-corrected chi connectivity index (χ2v) is 8.02. The Morgan fingerprint density at radius 1 is 0.889 bits per heavy atom. The van der Waals surface area contributed by atoms with E-state index in [0.717, 1.165) is 4.31 Å². The predicted octanol–water partition coefficient (Wildman–Crippen LogP) is 4.17. The summed E-state index contributed by atoms with van der Waals surface area (Å²) in [6.45, 7) is -0.367. The zero-order chi connectivity index (χ0) is 19.3. The van der Waals surface area contributed by atoms with E-state index in [1.165, 1.54) is 12.1 Å². The maximum absolute atomic E-state index is 13.1. The lowest BCUT2D eigenvalue weighted by Crippen LogP contribution is -2.38. The Hall–Kier alpha value is -2.83. The SMILES string of the molecule is O=C(CN(c1ccccc1)S(=O)(=O)c1ccccc1)Nc1cccc(Cl)c1. The minimum atomic E-state index is -3.90. The van der Waals surface area contributed by atoms with Gasteiger partial charge in [0.1, 0.15) is 6.54 Å². The van der Waals surface area contributed by atoms with Gasteiger partial charge in [-0.1, -0.05) is 54.1 Å². The number of carbonyl (C=O) groups excluding carboxylic acids is 1. The largest absolute Gasteiger partial charge is 0.324 e. The molecule has 138 valence electrons. The number of amides is 1. The van der Waals surface area contributed by atoms with Crippen molar-refractivity contribution in [2.45, 2.75) is 4.90 Å². The standard InChI is InChI=1S/C20H17ClN2O3S/c21-16-8-7-9-17(14-16)22-20(24)15-23(18-10-3-1-4-11-18)27(25,26)19-12-5-2-6-13-19/h1-14H,15H2,(H,22,24). The predicted molar refractivity (Wildman–Crippen MR) is 107 cm³/mol. The lowest BCUT2D eigenvalue weighted by atomic mass is 10.3. The normalized spacial score (nSPS) is 11.0. The van der Waals surface area contributed by atoms with Crippen LogP contribution in [0.3, 0.4) is 0 Å². The maximum Gasteiger partial charge on any atom is 0.264 e. The summed E-state index contributed by atoms with van der Waals surface area (Å²) in [6.07, 6.45) is 0. The van der Waals surface area contributed by atoms with Crippen LogP contribution in [0.1, 0.15) is 0 Å². The van der Waals surface area contributed by atoms with Crippen LogP contribution < -0.4 is 9.62 Å². The van der Waals surface area contributed by atoms with E-state index in [1.807, 2.05) is 0 Å². The first-order valence-electron chi connectivity index (χ1n) is 8.15. The third kappa shape index (κ3) is 4.67. The molecule has 0 saturated carbocycles. The summed E-state index contributed by atoms with van der Waals surface area (Å²) < 4.78 is 27.3. The van der Waals surface area contributed by atoms with Gasteiger partial charge in [0.15, 0.2) is 0 Å². The van der Waals surface area contributed by atoms with Gasteiger partial charge in [-0.2, -0.15) is 0 Å². The van der Waals surface area contributed by atoms with Crippen molar-refractivity contribution in [1.82, 2.24) is 0 Å². The first-order chi connectivity index (χ1) is 13.0. The van der Waals surface area contributed by atoms with Crippen molar-refractivity contribution in [2.75, 3.05) is 16.2 Å². The Bertz CT molecular complexity index is 1030. The molecule has 0 aliphatic heterocycles. The van der Waals surface area contributed by atoms with E-state index in [-0.39, 0.29) is 11.4 Å². The van der Waals surface area contributed by atoms with Gasteiger partial charge in [-0.15, -0.1) is 0 Å². The number of carbonyl (C=O) groups is 1. The second-order valence-electron chi connectivity index (χ2n) is 5.72. The quantitative estimate of drug-likeness (QED) is 0.675. The van der Waals surface area contributed by atoms with Crippen LogP contribution in [0.15, 0.2) is 89.8 Å². The van der Waals surface area contributed by atoms with Crippen molar-refractivity contribution in [2.24, 2.45) is 0 Å². The Morgan fingerprint density at radius 3 is 2.15 bits per heavy atom. The Morgan fingerprint density at radius 2 is 1.52 bits per heavy atom. The van der Waals surface area contributed by atoms with Crippen LogP contribution >= 0.6 is 11.6 Å². The van der Waals surface area contributed by atoms with Gasteiger partial charge in [0.05, 0.1) is 10.6 Å². The summed E-state index contributed by atoms with van der Waals surface area (Å²) in [5.74, 6) is -0.472. The summed E-state index contributed by atoms with van der Waals surface area (Å²) in [7, 11) is -3.90. The van der Waals surface area contributed by atoms with Gasteiger partial charge in [-0.25, -0.2) is 8.42 Å². The number of sulfonamides is 1. The Labute approximate surface area is 163 Å². The minimum Gasteiger partial charge on any atom is -0.324 e. The molecule has 5 nitrogen and oxygen atoms in total. The highest BCUT2D eigenvalue weighted by Crippen LogP contribution is 2.23. The third-order valence-electron chi connectivity index (χ3n) is 3.77. The van der Waals surface area contributed by atoms with E-state index < -0.39 is 15.9 Å². The Balaban J connectivity index is 1.90. The molecule has 3 aromatic rings. The van der Waals surface area contributed by atoms with E-state index >= 15 is 0 Å². The van der Waals surface area contributed by atoms with Crippen molar-refractivity contribution in [1.29, 1.82) is 0 Å². The molecule has 0 heterocycles. The molecular formula is C20H17ClN2O3S. The molecule has 0 aliphatic carbocycles. The van der Waals surface area contributed by atoms with Crippen LogP contribution in [0, 0.1) is 0 Å². The topological polar surface area (TPSA) is 66.5 Å². The maximum atomic E-state index is 13.1. The molecule has 3 rings (SSSR count). The fourth-order valence-corrected chi connectivity index (χ4v) is 4.16. The van der Waals surface area contributed by atoms with Crippen LogP contribution in [-0.2, 0) is 14.8 Å². The zero-order valence-electron chi connectivity index (χ0n) is 14.2. The molecule has 7 heteroatoms. The van der Waals surface area contributed by atoms with Crippen LogP contribution in [-0.4, -0.2) is 20.9 Å². The number of anilines is 2. The molecule has 1 N–H and O–H groups in total. The van der Waals surface area contributed by atoms with Crippen LogP contribution in [0.4, 0.5) is 11.4 Å². The molecule has 3 aromatic carbocycles. The summed E-state index contributed by atoms with van der Waals surface area (Å²) in [4.78, 5) is 12.6. The number of rotatable bonds is 6. The number of halogens is 1. The zero-order valence-corrected chi connectivity index (χ0v) is 15.8. The second kappa shape index (κ2) is 8.24. The van der Waals surface area contributed by atoms with Gasteiger partial charge in [-0.05, 0) is 42.5 Å². The van der Waals surface area contributed by atoms with Crippen molar-refractivity contribution in [3.05, 3.63) is 90.0 Å². The molecule has 0 unspecified atom stereocenters. The van der Waals surface area contributed by atoms with Crippen molar-refractivity contribution >= 4 is 38.9 Å². The molecular weight excluding hydrogens is 384 g/mol. The molecule has 0 bridgehead atoms. The first kappa shape index (κ1) is 18.9. The molecule has 0 fully saturated rings.